The predicted octanol–water partition coefficient (Wildman–Crippen LogP) is 2.77. The number of β-amino-alcohol motifs (C(OH)–C–C–N with tert-alkyl or cyclic N) is 1. The molecule has 2 aliphatic rings. The molecule has 1 aliphatic heterocycles. The molecule has 1 saturated carbocycles. The normalized spacial score (nSPS) is 26.0. The van der Waals surface area contributed by atoms with E-state index in [4.69, 9.17) is 9.47 Å². The molecule has 0 bridgehead atoms. The number of carbonyl (C=O) groups is 3. The number of nitrogens with zero attached hydrogens (tertiary/aromatic N) is 1. The first-order valence-electron chi connectivity index (χ1n) is 10.6. The van der Waals surface area contributed by atoms with Crippen LogP contribution in [0.5, 0.6) is 11.5 Å². The second-order valence-corrected chi connectivity index (χ2v) is 9.67. The van der Waals surface area contributed by atoms with E-state index in [0.717, 1.165) is 11.3 Å². The summed E-state index contributed by atoms with van der Waals surface area (Å²) in [4.78, 5) is 38.4. The van der Waals surface area contributed by atoms with Gasteiger partial charge in [0.25, 0.3) is 5.91 Å². The largest absolute Gasteiger partial charge is 0.493 e. The van der Waals surface area contributed by atoms with Crippen molar-refractivity contribution in [1.82, 2.24) is 10.2 Å². The van der Waals surface area contributed by atoms with E-state index in [-0.39, 0.29) is 30.3 Å². The minimum Gasteiger partial charge on any atom is -0.493 e. The Morgan fingerprint density at radius 1 is 1.29 bits per heavy atom. The molecule has 0 radical (unpaired) electrons. The molecule has 0 unspecified atom stereocenters. The highest BCUT2D eigenvalue weighted by molar-refractivity contribution is 6.07. The van der Waals surface area contributed by atoms with Crippen molar-refractivity contribution < 1.29 is 29.0 Å². The lowest BCUT2D eigenvalue weighted by molar-refractivity contribution is -0.135. The molecule has 2 fully saturated rings. The van der Waals surface area contributed by atoms with Crippen LogP contribution in [-0.2, 0) is 4.79 Å². The van der Waals surface area contributed by atoms with Gasteiger partial charge in [-0.15, -0.1) is 0 Å². The van der Waals surface area contributed by atoms with Crippen LogP contribution in [0.4, 0.5) is 4.79 Å². The van der Waals surface area contributed by atoms with Crippen LogP contribution in [0.2, 0.25) is 0 Å². The first-order valence-corrected chi connectivity index (χ1v) is 10.6. The molecule has 1 aromatic carbocycles. The number of amides is 3. The summed E-state index contributed by atoms with van der Waals surface area (Å²) < 4.78 is 10.9. The van der Waals surface area contributed by atoms with E-state index in [1.165, 1.54) is 14.0 Å². The summed E-state index contributed by atoms with van der Waals surface area (Å²) in [7, 11) is 1.46. The van der Waals surface area contributed by atoms with Gasteiger partial charge in [-0.05, 0) is 55.7 Å². The molecule has 1 heterocycles. The molecule has 1 spiro atoms. The second kappa shape index (κ2) is 8.49. The van der Waals surface area contributed by atoms with Gasteiger partial charge < -0.3 is 19.9 Å². The van der Waals surface area contributed by atoms with E-state index in [2.05, 4.69) is 26.1 Å². The zero-order chi connectivity index (χ0) is 23.0. The van der Waals surface area contributed by atoms with Crippen molar-refractivity contribution in [2.45, 2.75) is 58.6 Å². The van der Waals surface area contributed by atoms with Crippen molar-refractivity contribution in [2.24, 2.45) is 11.3 Å². The van der Waals surface area contributed by atoms with Gasteiger partial charge in [0.15, 0.2) is 17.3 Å². The summed E-state index contributed by atoms with van der Waals surface area (Å²) >= 11 is 0. The Bertz CT molecular complexity index is 883. The summed E-state index contributed by atoms with van der Waals surface area (Å²) in [6.07, 6.45) is 1.11. The average Bonchev–Trinajstić information content (AvgIpc) is 2.87. The molecule has 8 nitrogen and oxygen atoms in total. The van der Waals surface area contributed by atoms with Gasteiger partial charge in [0, 0.05) is 5.56 Å². The summed E-state index contributed by atoms with van der Waals surface area (Å²) in [5.74, 6) is 0.666. The van der Waals surface area contributed by atoms with E-state index in [1.54, 1.807) is 18.2 Å². The van der Waals surface area contributed by atoms with Gasteiger partial charge in [0.1, 0.15) is 18.2 Å². The number of nitrogens with one attached hydrogen (secondary N) is 1. The van der Waals surface area contributed by atoms with Gasteiger partial charge >= 0.3 is 6.03 Å². The molecule has 3 atom stereocenters. The lowest BCUT2D eigenvalue weighted by atomic mass is 9.64. The van der Waals surface area contributed by atoms with Crippen LogP contribution in [0, 0.1) is 11.3 Å². The number of ether oxygens (including phenoxy) is 2. The van der Waals surface area contributed by atoms with Crippen molar-refractivity contribution in [2.75, 3.05) is 20.3 Å². The number of rotatable bonds is 7. The molecule has 170 valence electrons. The zero-order valence-electron chi connectivity index (χ0n) is 18.9. The highest BCUT2D eigenvalue weighted by atomic mass is 16.5. The molecule has 1 saturated heterocycles. The van der Waals surface area contributed by atoms with Gasteiger partial charge in [0.05, 0.1) is 13.7 Å². The van der Waals surface area contributed by atoms with Crippen LogP contribution in [0.3, 0.4) is 0 Å². The third-order valence-electron chi connectivity index (χ3n) is 6.02. The maximum absolute atomic E-state index is 13.2. The number of urea groups is 1. The van der Waals surface area contributed by atoms with Gasteiger partial charge in [-0.3, -0.25) is 14.5 Å². The third-order valence-corrected chi connectivity index (χ3v) is 6.02. The van der Waals surface area contributed by atoms with Gasteiger partial charge in [0.2, 0.25) is 0 Å². The van der Waals surface area contributed by atoms with Crippen molar-refractivity contribution in [1.29, 1.82) is 0 Å². The minimum absolute atomic E-state index is 0.0546. The standard InChI is InChI=1S/C23H32N2O6/c1-14-9-22(3,4)13-23(10-14)20(28)25(21(29)24-23)11-17(27)12-31-18-7-6-16(15(2)26)8-19(18)30-5/h6-8,14,17,27H,9-13H2,1-5H3,(H,24,29)/t14-,17-,23-/m1/s1. The number of carbonyl (C=O) groups excluding carboxylic acids is 3. The molecule has 0 aromatic heterocycles. The number of hydrogen-bond donors (Lipinski definition) is 2. The molecule has 3 amide bonds. The van der Waals surface area contributed by atoms with Crippen molar-refractivity contribution in [3.63, 3.8) is 0 Å². The van der Waals surface area contributed by atoms with Crippen LogP contribution < -0.4 is 14.8 Å². The van der Waals surface area contributed by atoms with E-state index >= 15 is 0 Å². The van der Waals surface area contributed by atoms with E-state index in [0.29, 0.717) is 35.8 Å². The summed E-state index contributed by atoms with van der Waals surface area (Å²) in [6, 6.07) is 4.30. The first kappa shape index (κ1) is 23.1. The Hall–Kier alpha value is -2.61. The molecular weight excluding hydrogens is 400 g/mol. The molecule has 1 aliphatic carbocycles. The van der Waals surface area contributed by atoms with Crippen LogP contribution in [0.25, 0.3) is 0 Å². The minimum atomic E-state index is -1.07. The Kier molecular flexibility index (Phi) is 6.32. The van der Waals surface area contributed by atoms with Crippen LogP contribution in [0.15, 0.2) is 18.2 Å². The highest BCUT2D eigenvalue weighted by Gasteiger charge is 2.56. The fourth-order valence-corrected chi connectivity index (χ4v) is 5.13. The van der Waals surface area contributed by atoms with E-state index in [9.17, 15) is 19.5 Å². The topological polar surface area (TPSA) is 105 Å². The summed E-state index contributed by atoms with van der Waals surface area (Å²) in [5.41, 5.74) is -0.468. The molecule has 3 rings (SSSR count). The fourth-order valence-electron chi connectivity index (χ4n) is 5.13. The number of benzene rings is 1. The van der Waals surface area contributed by atoms with Crippen LogP contribution >= 0.6 is 0 Å². The summed E-state index contributed by atoms with van der Waals surface area (Å²) in [5, 5.41) is 13.4. The fraction of sp³-hybridized carbons (Fsp3) is 0.609. The summed E-state index contributed by atoms with van der Waals surface area (Å²) in [6.45, 7) is 7.48. The lowest BCUT2D eigenvalue weighted by Gasteiger charge is -2.43. The number of ketones is 1. The monoisotopic (exact) mass is 432 g/mol. The van der Waals surface area contributed by atoms with Crippen molar-refractivity contribution in [3.8, 4) is 11.5 Å². The number of hydrogen-bond acceptors (Lipinski definition) is 6. The molecule has 1 aromatic rings. The Balaban J connectivity index is 1.65. The number of aliphatic hydroxyl groups is 1. The highest BCUT2D eigenvalue weighted by Crippen LogP contribution is 2.46. The zero-order valence-corrected chi connectivity index (χ0v) is 18.9. The third kappa shape index (κ3) is 4.84. The van der Waals surface area contributed by atoms with Gasteiger partial charge in [-0.1, -0.05) is 20.8 Å². The maximum Gasteiger partial charge on any atom is 0.325 e. The molecular formula is C23H32N2O6. The quantitative estimate of drug-likeness (QED) is 0.507. The molecule has 8 heteroatoms. The number of imide groups is 1. The average molecular weight is 433 g/mol. The first-order chi connectivity index (χ1) is 14.5. The van der Waals surface area contributed by atoms with Crippen molar-refractivity contribution in [3.05, 3.63) is 23.8 Å². The number of Topliss-reactive ketones (excluding diaryl/α,β-unsaturated/α-hetero) is 1. The number of methoxy groups -OCH3 is 1. The smallest absolute Gasteiger partial charge is 0.325 e. The van der Waals surface area contributed by atoms with E-state index in [1.807, 2.05) is 0 Å². The van der Waals surface area contributed by atoms with Crippen LogP contribution in [-0.4, -0.2) is 59.6 Å². The maximum atomic E-state index is 13.2. The SMILES string of the molecule is COc1cc(C(C)=O)ccc1OC[C@H](O)CN1C(=O)N[C@@]2(C[C@H](C)CC(C)(C)C2)C1=O. The van der Waals surface area contributed by atoms with Crippen molar-refractivity contribution >= 4 is 17.7 Å². The van der Waals surface area contributed by atoms with Crippen LogP contribution in [0.1, 0.15) is 57.3 Å². The van der Waals surface area contributed by atoms with Gasteiger partial charge in [-0.2, -0.15) is 0 Å². The van der Waals surface area contributed by atoms with Gasteiger partial charge in [-0.25, -0.2) is 4.79 Å². The number of aliphatic hydroxyl groups excluding tert-OH is 1. The Morgan fingerprint density at radius 3 is 2.61 bits per heavy atom. The lowest BCUT2D eigenvalue weighted by Crippen LogP contribution is -2.54. The Labute approximate surface area is 182 Å². The van der Waals surface area contributed by atoms with E-state index < -0.39 is 17.7 Å². The Morgan fingerprint density at radius 2 is 2.00 bits per heavy atom. The molecule has 31 heavy (non-hydrogen) atoms. The molecule has 2 N–H and O–H groups in total. The second-order valence-electron chi connectivity index (χ2n) is 9.67. The predicted molar refractivity (Wildman–Crippen MR) is 114 cm³/mol.